The number of rotatable bonds is 1. The van der Waals surface area contributed by atoms with Gasteiger partial charge < -0.3 is 0 Å². The maximum absolute atomic E-state index is 6.17. The second-order valence-corrected chi connectivity index (χ2v) is 4.28. The molecule has 0 nitrogen and oxygen atoms in total. The third kappa shape index (κ3) is 1.40. The van der Waals surface area contributed by atoms with E-state index in [0.717, 1.165) is 5.02 Å². The molecular formula is C12H13Cl. The smallest absolute Gasteiger partial charge is 0.0450 e. The topological polar surface area (TPSA) is 0 Å². The van der Waals surface area contributed by atoms with Gasteiger partial charge in [0, 0.05) is 10.9 Å². The highest BCUT2D eigenvalue weighted by molar-refractivity contribution is 6.31. The summed E-state index contributed by atoms with van der Waals surface area (Å²) < 4.78 is 0. The fraction of sp³-hybridized carbons (Fsp3) is 0.333. The Balaban J connectivity index is 2.51. The third-order valence-corrected chi connectivity index (χ3v) is 2.95. The summed E-state index contributed by atoms with van der Waals surface area (Å²) in [5, 5.41) is 0.904. The summed E-state index contributed by atoms with van der Waals surface area (Å²) in [6, 6.07) is 6.11. The molecule has 0 bridgehead atoms. The molecule has 0 N–H and O–H groups in total. The van der Waals surface area contributed by atoms with Gasteiger partial charge in [0.2, 0.25) is 0 Å². The second-order valence-electron chi connectivity index (χ2n) is 3.87. The van der Waals surface area contributed by atoms with Crippen LogP contribution in [0.25, 0.3) is 6.08 Å². The highest BCUT2D eigenvalue weighted by Crippen LogP contribution is 2.39. The maximum atomic E-state index is 6.17. The van der Waals surface area contributed by atoms with E-state index < -0.39 is 0 Å². The molecule has 1 unspecified atom stereocenters. The highest BCUT2D eigenvalue weighted by atomic mass is 35.5. The largest absolute Gasteiger partial charge is 0.0840 e. The zero-order chi connectivity index (χ0) is 9.42. The minimum atomic E-state index is 0.503. The Labute approximate surface area is 84.2 Å². The molecule has 0 saturated heterocycles. The maximum Gasteiger partial charge on any atom is 0.0450 e. The minimum absolute atomic E-state index is 0.503. The summed E-state index contributed by atoms with van der Waals surface area (Å²) in [6.07, 6.45) is 4.42. The van der Waals surface area contributed by atoms with Crippen LogP contribution in [0.2, 0.25) is 5.02 Å². The summed E-state index contributed by atoms with van der Waals surface area (Å²) in [7, 11) is 0. The van der Waals surface area contributed by atoms with Crippen LogP contribution in [0.15, 0.2) is 24.3 Å². The van der Waals surface area contributed by atoms with Gasteiger partial charge in [-0.1, -0.05) is 49.7 Å². The molecule has 0 radical (unpaired) electrons. The molecule has 13 heavy (non-hydrogen) atoms. The van der Waals surface area contributed by atoms with Crippen molar-refractivity contribution in [2.45, 2.75) is 19.8 Å². The summed E-state index contributed by atoms with van der Waals surface area (Å²) in [5.74, 6) is 1.13. The third-order valence-electron chi connectivity index (χ3n) is 2.62. The SMILES string of the molecule is CC(C)C1C=Cc2cccc(Cl)c21. The molecule has 0 spiro atoms. The van der Waals surface area contributed by atoms with Gasteiger partial charge in [0.15, 0.2) is 0 Å². The van der Waals surface area contributed by atoms with Crippen LogP contribution in [0, 0.1) is 5.92 Å². The molecule has 1 aromatic carbocycles. The molecule has 0 aliphatic heterocycles. The number of hydrogen-bond donors (Lipinski definition) is 0. The Morgan fingerprint density at radius 2 is 2.08 bits per heavy atom. The first-order valence-corrected chi connectivity index (χ1v) is 5.04. The molecule has 68 valence electrons. The van der Waals surface area contributed by atoms with Crippen molar-refractivity contribution in [3.05, 3.63) is 40.4 Å². The van der Waals surface area contributed by atoms with Gasteiger partial charge in [0.1, 0.15) is 0 Å². The van der Waals surface area contributed by atoms with Crippen molar-refractivity contribution >= 4 is 17.7 Å². The van der Waals surface area contributed by atoms with Crippen molar-refractivity contribution < 1.29 is 0 Å². The first-order valence-electron chi connectivity index (χ1n) is 4.67. The standard InChI is InChI=1S/C12H13Cl/c1-8(2)10-7-6-9-4-3-5-11(13)12(9)10/h3-8,10H,1-2H3. The summed E-state index contributed by atoms with van der Waals surface area (Å²) in [6.45, 7) is 4.46. The predicted octanol–water partition coefficient (Wildman–Crippen LogP) is 4.11. The van der Waals surface area contributed by atoms with E-state index in [-0.39, 0.29) is 0 Å². The van der Waals surface area contributed by atoms with Crippen molar-refractivity contribution in [1.82, 2.24) is 0 Å². The molecule has 1 heteroatoms. The van der Waals surface area contributed by atoms with Crippen molar-refractivity contribution in [3.8, 4) is 0 Å². The van der Waals surface area contributed by atoms with Gasteiger partial charge in [-0.25, -0.2) is 0 Å². The molecular weight excluding hydrogens is 180 g/mol. The van der Waals surface area contributed by atoms with Crippen molar-refractivity contribution in [1.29, 1.82) is 0 Å². The molecule has 0 aromatic heterocycles. The molecule has 0 heterocycles. The average Bonchev–Trinajstić information content (AvgIpc) is 2.49. The fourth-order valence-electron chi connectivity index (χ4n) is 1.91. The zero-order valence-electron chi connectivity index (χ0n) is 7.92. The average molecular weight is 193 g/mol. The van der Waals surface area contributed by atoms with E-state index in [0.29, 0.717) is 11.8 Å². The Morgan fingerprint density at radius 3 is 2.77 bits per heavy atom. The fourth-order valence-corrected chi connectivity index (χ4v) is 2.22. The first kappa shape index (κ1) is 8.83. The molecule has 0 saturated carbocycles. The van der Waals surface area contributed by atoms with Crippen LogP contribution in [0.3, 0.4) is 0 Å². The molecule has 1 aromatic rings. The summed E-state index contributed by atoms with van der Waals surface area (Å²) in [4.78, 5) is 0. The van der Waals surface area contributed by atoms with Crippen molar-refractivity contribution in [2.75, 3.05) is 0 Å². The van der Waals surface area contributed by atoms with Crippen LogP contribution in [-0.2, 0) is 0 Å². The van der Waals surface area contributed by atoms with Crippen LogP contribution >= 0.6 is 11.6 Å². The molecule has 1 aliphatic carbocycles. The quantitative estimate of drug-likeness (QED) is 0.629. The van der Waals surface area contributed by atoms with Gasteiger partial charge in [0.25, 0.3) is 0 Å². The number of hydrogen-bond acceptors (Lipinski definition) is 0. The lowest BCUT2D eigenvalue weighted by atomic mass is 9.90. The Bertz CT molecular complexity index is 350. The lowest BCUT2D eigenvalue weighted by molar-refractivity contribution is 0.584. The van der Waals surface area contributed by atoms with E-state index in [9.17, 15) is 0 Å². The zero-order valence-corrected chi connectivity index (χ0v) is 8.68. The molecule has 1 aliphatic rings. The molecule has 1 atom stereocenters. The summed E-state index contributed by atoms with van der Waals surface area (Å²) >= 11 is 6.17. The molecule has 0 amide bonds. The minimum Gasteiger partial charge on any atom is -0.0840 e. The van der Waals surface area contributed by atoms with Gasteiger partial charge in [-0.3, -0.25) is 0 Å². The lowest BCUT2D eigenvalue weighted by Gasteiger charge is -2.15. The van der Waals surface area contributed by atoms with Gasteiger partial charge in [-0.2, -0.15) is 0 Å². The second kappa shape index (κ2) is 3.19. The predicted molar refractivity (Wildman–Crippen MR) is 58.1 cm³/mol. The number of benzene rings is 1. The van der Waals surface area contributed by atoms with Crippen molar-refractivity contribution in [2.24, 2.45) is 5.92 Å². The van der Waals surface area contributed by atoms with Crippen LogP contribution in [0.1, 0.15) is 30.9 Å². The van der Waals surface area contributed by atoms with Crippen LogP contribution in [0.4, 0.5) is 0 Å². The molecule has 2 rings (SSSR count). The van der Waals surface area contributed by atoms with E-state index in [1.54, 1.807) is 0 Å². The van der Waals surface area contributed by atoms with E-state index in [1.165, 1.54) is 11.1 Å². The van der Waals surface area contributed by atoms with Crippen molar-refractivity contribution in [3.63, 3.8) is 0 Å². The van der Waals surface area contributed by atoms with E-state index in [1.807, 2.05) is 12.1 Å². The van der Waals surface area contributed by atoms with Crippen LogP contribution < -0.4 is 0 Å². The summed E-state index contributed by atoms with van der Waals surface area (Å²) in [5.41, 5.74) is 2.59. The monoisotopic (exact) mass is 192 g/mol. The van der Waals surface area contributed by atoms with Gasteiger partial charge in [0.05, 0.1) is 0 Å². The number of halogens is 1. The normalized spacial score (nSPS) is 19.5. The Kier molecular flexibility index (Phi) is 2.17. The van der Waals surface area contributed by atoms with Crippen LogP contribution in [0.5, 0.6) is 0 Å². The van der Waals surface area contributed by atoms with Gasteiger partial charge >= 0.3 is 0 Å². The van der Waals surface area contributed by atoms with E-state index in [4.69, 9.17) is 11.6 Å². The Morgan fingerprint density at radius 1 is 1.31 bits per heavy atom. The highest BCUT2D eigenvalue weighted by Gasteiger charge is 2.22. The first-order chi connectivity index (χ1) is 6.20. The molecule has 0 fully saturated rings. The number of allylic oxidation sites excluding steroid dienone is 1. The number of fused-ring (bicyclic) bond motifs is 1. The lowest BCUT2D eigenvalue weighted by Crippen LogP contribution is -2.02. The Hall–Kier alpha value is -0.750. The van der Waals surface area contributed by atoms with Gasteiger partial charge in [-0.15, -0.1) is 0 Å². The van der Waals surface area contributed by atoms with E-state index >= 15 is 0 Å². The van der Waals surface area contributed by atoms with E-state index in [2.05, 4.69) is 32.1 Å². The van der Waals surface area contributed by atoms with Gasteiger partial charge in [-0.05, 0) is 23.1 Å². The van der Waals surface area contributed by atoms with Crippen LogP contribution in [-0.4, -0.2) is 0 Å².